The maximum atomic E-state index is 11.1. The van der Waals surface area contributed by atoms with Gasteiger partial charge in [-0.05, 0) is 29.3 Å². The Hall–Kier alpha value is -1.80. The molecule has 1 aliphatic heterocycles. The van der Waals surface area contributed by atoms with Gasteiger partial charge in [0.05, 0.1) is 6.61 Å². The van der Waals surface area contributed by atoms with Crippen LogP contribution in [0.25, 0.3) is 11.1 Å². The molecule has 0 atom stereocenters. The van der Waals surface area contributed by atoms with Crippen molar-refractivity contribution in [2.45, 2.75) is 6.42 Å². The number of para-hydroxylation sites is 1. The predicted octanol–water partition coefficient (Wildman–Crippen LogP) is 3.75. The molecule has 18 heavy (non-hydrogen) atoms. The van der Waals surface area contributed by atoms with Crippen LogP contribution in [0.4, 0.5) is 0 Å². The highest BCUT2D eigenvalue weighted by molar-refractivity contribution is 6.31. The number of benzene rings is 2. The third-order valence-electron chi connectivity index (χ3n) is 3.15. The van der Waals surface area contributed by atoms with E-state index < -0.39 is 0 Å². The van der Waals surface area contributed by atoms with Gasteiger partial charge < -0.3 is 4.74 Å². The normalized spacial score (nSPS) is 12.9. The van der Waals surface area contributed by atoms with E-state index in [1.165, 1.54) is 5.56 Å². The second kappa shape index (κ2) is 4.46. The summed E-state index contributed by atoms with van der Waals surface area (Å²) in [6.07, 6.45) is 1.76. The molecule has 0 saturated carbocycles. The molecule has 0 unspecified atom stereocenters. The van der Waals surface area contributed by atoms with Crippen molar-refractivity contribution in [3.05, 3.63) is 52.5 Å². The van der Waals surface area contributed by atoms with Crippen molar-refractivity contribution in [2.24, 2.45) is 0 Å². The van der Waals surface area contributed by atoms with Gasteiger partial charge in [0, 0.05) is 22.6 Å². The number of fused-ring (bicyclic) bond motifs is 1. The molecule has 1 aliphatic rings. The minimum absolute atomic E-state index is 0.617. The lowest BCUT2D eigenvalue weighted by atomic mass is 9.97. The van der Waals surface area contributed by atoms with Crippen LogP contribution in [0.3, 0.4) is 0 Å². The molecular formula is C15H11ClO2. The summed E-state index contributed by atoms with van der Waals surface area (Å²) < 4.78 is 5.66. The average Bonchev–Trinajstić information content (AvgIpc) is 2.86. The Labute approximate surface area is 110 Å². The quantitative estimate of drug-likeness (QED) is 0.767. The van der Waals surface area contributed by atoms with Gasteiger partial charge in [-0.1, -0.05) is 29.8 Å². The van der Waals surface area contributed by atoms with Crippen LogP contribution >= 0.6 is 11.6 Å². The lowest BCUT2D eigenvalue weighted by Gasteiger charge is -2.10. The molecule has 90 valence electrons. The largest absolute Gasteiger partial charge is 0.492 e. The van der Waals surface area contributed by atoms with Crippen LogP contribution in [0.2, 0.25) is 5.02 Å². The van der Waals surface area contributed by atoms with E-state index in [2.05, 4.69) is 6.07 Å². The molecular weight excluding hydrogens is 248 g/mol. The fourth-order valence-corrected chi connectivity index (χ4v) is 2.46. The van der Waals surface area contributed by atoms with Crippen LogP contribution in [0.5, 0.6) is 5.75 Å². The van der Waals surface area contributed by atoms with Gasteiger partial charge >= 0.3 is 0 Å². The Morgan fingerprint density at radius 2 is 2.06 bits per heavy atom. The van der Waals surface area contributed by atoms with Gasteiger partial charge in [-0.15, -0.1) is 0 Å². The molecule has 2 aromatic carbocycles. The molecule has 0 aliphatic carbocycles. The summed E-state index contributed by atoms with van der Waals surface area (Å²) in [5.74, 6) is 0.878. The molecule has 0 aromatic heterocycles. The highest BCUT2D eigenvalue weighted by atomic mass is 35.5. The Kier molecular flexibility index (Phi) is 2.80. The van der Waals surface area contributed by atoms with Crippen molar-refractivity contribution in [3.63, 3.8) is 0 Å². The fourth-order valence-electron chi connectivity index (χ4n) is 2.29. The molecule has 3 rings (SSSR count). The maximum absolute atomic E-state index is 11.1. The molecule has 0 radical (unpaired) electrons. The molecule has 0 saturated heterocycles. The molecule has 0 N–H and O–H groups in total. The lowest BCUT2D eigenvalue weighted by molar-refractivity contribution is 0.112. The Morgan fingerprint density at radius 1 is 1.17 bits per heavy atom. The van der Waals surface area contributed by atoms with E-state index in [4.69, 9.17) is 16.3 Å². The first kappa shape index (κ1) is 11.3. The molecule has 3 heteroatoms. The number of hydrogen-bond acceptors (Lipinski definition) is 2. The van der Waals surface area contributed by atoms with Crippen LogP contribution < -0.4 is 4.74 Å². The first-order chi connectivity index (χ1) is 8.79. The number of ether oxygens (including phenoxy) is 1. The zero-order chi connectivity index (χ0) is 12.5. The Morgan fingerprint density at radius 3 is 2.89 bits per heavy atom. The maximum Gasteiger partial charge on any atom is 0.150 e. The minimum atomic E-state index is 0.617. The van der Waals surface area contributed by atoms with E-state index in [1.54, 1.807) is 12.1 Å². The topological polar surface area (TPSA) is 26.3 Å². The molecule has 1 heterocycles. The van der Waals surface area contributed by atoms with E-state index in [9.17, 15) is 4.79 Å². The van der Waals surface area contributed by atoms with Gasteiger partial charge in [0.15, 0.2) is 6.29 Å². The number of carbonyl (C=O) groups excluding carboxylic acids is 1. The summed E-state index contributed by atoms with van der Waals surface area (Å²) in [5, 5.41) is 0.617. The van der Waals surface area contributed by atoms with Crippen molar-refractivity contribution >= 4 is 17.9 Å². The van der Waals surface area contributed by atoms with Crippen LogP contribution in [-0.4, -0.2) is 12.9 Å². The van der Waals surface area contributed by atoms with Crippen molar-refractivity contribution in [1.82, 2.24) is 0 Å². The first-order valence-electron chi connectivity index (χ1n) is 5.79. The zero-order valence-electron chi connectivity index (χ0n) is 9.65. The summed E-state index contributed by atoms with van der Waals surface area (Å²) in [6.45, 7) is 0.698. The summed E-state index contributed by atoms with van der Waals surface area (Å²) in [6, 6.07) is 11.3. The number of hydrogen-bond donors (Lipinski definition) is 0. The van der Waals surface area contributed by atoms with Gasteiger partial charge in [-0.25, -0.2) is 0 Å². The number of aldehydes is 1. The molecule has 0 bridgehead atoms. The molecule has 2 nitrogen and oxygen atoms in total. The summed E-state index contributed by atoms with van der Waals surface area (Å²) in [5.41, 5.74) is 3.58. The van der Waals surface area contributed by atoms with E-state index in [0.29, 0.717) is 17.2 Å². The minimum Gasteiger partial charge on any atom is -0.492 e. The van der Waals surface area contributed by atoms with E-state index in [-0.39, 0.29) is 0 Å². The van der Waals surface area contributed by atoms with Crippen LogP contribution in [0.15, 0.2) is 36.4 Å². The number of carbonyl (C=O) groups is 1. The van der Waals surface area contributed by atoms with Crippen LogP contribution in [0.1, 0.15) is 15.9 Å². The van der Waals surface area contributed by atoms with Gasteiger partial charge in [0.25, 0.3) is 0 Å². The zero-order valence-corrected chi connectivity index (χ0v) is 10.4. The van der Waals surface area contributed by atoms with Crippen molar-refractivity contribution in [1.29, 1.82) is 0 Å². The SMILES string of the molecule is O=Cc1ccc(Cl)cc1-c1cccc2c1OCC2. The molecule has 0 amide bonds. The Balaban J connectivity index is 2.24. The van der Waals surface area contributed by atoms with Crippen molar-refractivity contribution in [3.8, 4) is 16.9 Å². The standard InChI is InChI=1S/C15H11ClO2/c16-12-5-4-11(9-17)14(8-12)13-3-1-2-10-6-7-18-15(10)13/h1-5,8-9H,6-7H2. The second-order valence-electron chi connectivity index (χ2n) is 4.24. The molecule has 0 spiro atoms. The van der Waals surface area contributed by atoms with Crippen LogP contribution in [0, 0.1) is 0 Å². The van der Waals surface area contributed by atoms with Gasteiger partial charge in [0.1, 0.15) is 5.75 Å². The highest BCUT2D eigenvalue weighted by Crippen LogP contribution is 2.38. The monoisotopic (exact) mass is 258 g/mol. The van der Waals surface area contributed by atoms with Crippen molar-refractivity contribution < 1.29 is 9.53 Å². The Bertz CT molecular complexity index is 620. The smallest absolute Gasteiger partial charge is 0.150 e. The van der Waals surface area contributed by atoms with Gasteiger partial charge in [-0.3, -0.25) is 4.79 Å². The number of halogens is 1. The first-order valence-corrected chi connectivity index (χ1v) is 6.17. The third kappa shape index (κ3) is 1.79. The van der Waals surface area contributed by atoms with E-state index in [0.717, 1.165) is 29.6 Å². The van der Waals surface area contributed by atoms with Gasteiger partial charge in [0.2, 0.25) is 0 Å². The van der Waals surface area contributed by atoms with E-state index >= 15 is 0 Å². The summed E-state index contributed by atoms with van der Waals surface area (Å²) in [4.78, 5) is 11.1. The lowest BCUT2D eigenvalue weighted by Crippen LogP contribution is -1.92. The van der Waals surface area contributed by atoms with E-state index in [1.807, 2.05) is 18.2 Å². The average molecular weight is 259 g/mol. The summed E-state index contributed by atoms with van der Waals surface area (Å²) >= 11 is 6.02. The molecule has 2 aromatic rings. The second-order valence-corrected chi connectivity index (χ2v) is 4.68. The third-order valence-corrected chi connectivity index (χ3v) is 3.38. The molecule has 0 fully saturated rings. The highest BCUT2D eigenvalue weighted by Gasteiger charge is 2.18. The number of rotatable bonds is 2. The predicted molar refractivity (Wildman–Crippen MR) is 71.5 cm³/mol. The summed E-state index contributed by atoms with van der Waals surface area (Å²) in [7, 11) is 0. The van der Waals surface area contributed by atoms with Crippen LogP contribution in [-0.2, 0) is 6.42 Å². The van der Waals surface area contributed by atoms with Gasteiger partial charge in [-0.2, -0.15) is 0 Å². The fraction of sp³-hybridized carbons (Fsp3) is 0.133. The van der Waals surface area contributed by atoms with Crippen molar-refractivity contribution in [2.75, 3.05) is 6.61 Å².